The summed E-state index contributed by atoms with van der Waals surface area (Å²) in [7, 11) is 0. The molecule has 0 aliphatic carbocycles. The molecule has 2 fully saturated rings. The maximum Gasteiger partial charge on any atom is 0.334 e. The Morgan fingerprint density at radius 3 is 1.61 bits per heavy atom. The summed E-state index contributed by atoms with van der Waals surface area (Å²) in [4.78, 5) is 11.7. The van der Waals surface area contributed by atoms with Crippen LogP contribution in [0.3, 0.4) is 0 Å². The second-order valence-corrected chi connectivity index (χ2v) is 13.9. The standard InChI is InChI=1S/C36H64O8/c1-3-4-5-6-7-8-9-10-18-30(39)32-20-22-34(43-32)35-23-21-33(44-35)31(40)19-14-13-16-28(37)15-11-12-17-29(38)25-27-24-26(2)42-36(27)41/h24,26,28-35,37-40H,3-23,25H2,1-2H3/t26-,28+,29+,30-,31+,32+,33+,34-,35-/m0/s1. The van der Waals surface area contributed by atoms with E-state index in [1.54, 1.807) is 6.08 Å². The van der Waals surface area contributed by atoms with Crippen molar-refractivity contribution >= 4 is 5.97 Å². The van der Waals surface area contributed by atoms with E-state index in [9.17, 15) is 25.2 Å². The average molecular weight is 625 g/mol. The number of carbonyl (C=O) groups excluding carboxylic acids is 1. The Bertz CT molecular complexity index is 818. The molecule has 2 saturated heterocycles. The number of aliphatic hydroxyl groups excluding tert-OH is 4. The zero-order valence-corrected chi connectivity index (χ0v) is 27.8. The van der Waals surface area contributed by atoms with Gasteiger partial charge in [0.1, 0.15) is 6.10 Å². The zero-order chi connectivity index (χ0) is 31.7. The normalized spacial score (nSPS) is 28.2. The van der Waals surface area contributed by atoms with Crippen molar-refractivity contribution in [3.8, 4) is 0 Å². The van der Waals surface area contributed by atoms with Crippen LogP contribution in [0.5, 0.6) is 0 Å². The lowest BCUT2D eigenvalue weighted by molar-refractivity contribution is -0.139. The van der Waals surface area contributed by atoms with E-state index in [2.05, 4.69) is 6.92 Å². The number of hydrogen-bond donors (Lipinski definition) is 4. The van der Waals surface area contributed by atoms with Gasteiger partial charge in [-0.1, -0.05) is 84.0 Å². The van der Waals surface area contributed by atoms with Crippen LogP contribution in [0.25, 0.3) is 0 Å². The maximum absolute atomic E-state index is 11.7. The second-order valence-electron chi connectivity index (χ2n) is 13.9. The van der Waals surface area contributed by atoms with Crippen molar-refractivity contribution in [2.45, 2.75) is 210 Å². The van der Waals surface area contributed by atoms with Crippen molar-refractivity contribution in [3.05, 3.63) is 11.6 Å². The molecule has 0 bridgehead atoms. The van der Waals surface area contributed by atoms with Gasteiger partial charge in [-0.3, -0.25) is 0 Å². The highest BCUT2D eigenvalue weighted by atomic mass is 16.6. The van der Waals surface area contributed by atoms with Gasteiger partial charge in [0.05, 0.1) is 48.8 Å². The lowest BCUT2D eigenvalue weighted by Gasteiger charge is -2.24. The predicted molar refractivity (Wildman–Crippen MR) is 172 cm³/mol. The Balaban J connectivity index is 1.17. The number of cyclic esters (lactones) is 1. The van der Waals surface area contributed by atoms with E-state index in [-0.39, 0.29) is 42.6 Å². The van der Waals surface area contributed by atoms with E-state index in [1.807, 2.05) is 6.92 Å². The summed E-state index contributed by atoms with van der Waals surface area (Å²) in [6.07, 6.45) is 20.3. The van der Waals surface area contributed by atoms with E-state index in [0.717, 1.165) is 64.2 Å². The maximum atomic E-state index is 11.7. The minimum atomic E-state index is -0.562. The highest BCUT2D eigenvalue weighted by molar-refractivity contribution is 5.90. The summed E-state index contributed by atoms with van der Waals surface area (Å²) >= 11 is 0. The Morgan fingerprint density at radius 2 is 1.11 bits per heavy atom. The third-order valence-electron chi connectivity index (χ3n) is 9.86. The van der Waals surface area contributed by atoms with Gasteiger partial charge in [0.15, 0.2) is 0 Å². The van der Waals surface area contributed by atoms with Crippen molar-refractivity contribution in [3.63, 3.8) is 0 Å². The van der Waals surface area contributed by atoms with Gasteiger partial charge in [0, 0.05) is 12.0 Å². The largest absolute Gasteiger partial charge is 0.455 e. The van der Waals surface area contributed by atoms with Gasteiger partial charge in [-0.25, -0.2) is 4.79 Å². The summed E-state index contributed by atoms with van der Waals surface area (Å²) in [5.41, 5.74) is 0.561. The number of hydrogen-bond acceptors (Lipinski definition) is 8. The Labute approximate surface area is 266 Å². The van der Waals surface area contributed by atoms with E-state index in [4.69, 9.17) is 14.2 Å². The van der Waals surface area contributed by atoms with Crippen molar-refractivity contribution in [2.24, 2.45) is 0 Å². The molecular formula is C36H64O8. The van der Waals surface area contributed by atoms with Crippen LogP contribution in [-0.4, -0.2) is 81.3 Å². The molecule has 4 N–H and O–H groups in total. The van der Waals surface area contributed by atoms with Gasteiger partial charge in [-0.2, -0.15) is 0 Å². The van der Waals surface area contributed by atoms with Crippen LogP contribution in [0.1, 0.15) is 155 Å². The van der Waals surface area contributed by atoms with Crippen molar-refractivity contribution in [1.82, 2.24) is 0 Å². The molecule has 0 saturated carbocycles. The Morgan fingerprint density at radius 1 is 0.659 bits per heavy atom. The van der Waals surface area contributed by atoms with E-state index in [1.165, 1.54) is 44.9 Å². The lowest BCUT2D eigenvalue weighted by Crippen LogP contribution is -2.33. The van der Waals surface area contributed by atoms with Crippen molar-refractivity contribution in [1.29, 1.82) is 0 Å². The van der Waals surface area contributed by atoms with E-state index < -0.39 is 18.3 Å². The Kier molecular flexibility index (Phi) is 17.8. The molecule has 256 valence electrons. The van der Waals surface area contributed by atoms with Crippen molar-refractivity contribution < 1.29 is 39.4 Å². The number of rotatable bonds is 24. The summed E-state index contributed by atoms with van der Waals surface area (Å²) in [5, 5.41) is 42.0. The monoisotopic (exact) mass is 624 g/mol. The predicted octanol–water partition coefficient (Wildman–Crippen LogP) is 6.44. The molecule has 3 aliphatic rings. The number of carbonyl (C=O) groups is 1. The van der Waals surface area contributed by atoms with Crippen LogP contribution in [0.15, 0.2) is 11.6 Å². The third-order valence-corrected chi connectivity index (χ3v) is 9.86. The minimum Gasteiger partial charge on any atom is -0.455 e. The molecule has 9 atom stereocenters. The number of ether oxygens (including phenoxy) is 3. The fourth-order valence-corrected chi connectivity index (χ4v) is 7.13. The second kappa shape index (κ2) is 21.0. The first-order valence-electron chi connectivity index (χ1n) is 18.2. The first-order chi connectivity index (χ1) is 21.3. The summed E-state index contributed by atoms with van der Waals surface area (Å²) in [5.74, 6) is -0.326. The van der Waals surface area contributed by atoms with Gasteiger partial charge in [0.2, 0.25) is 0 Å². The van der Waals surface area contributed by atoms with E-state index >= 15 is 0 Å². The number of esters is 1. The number of unbranched alkanes of at least 4 members (excludes halogenated alkanes) is 9. The first-order valence-corrected chi connectivity index (χ1v) is 18.2. The average Bonchev–Trinajstić information content (AvgIpc) is 3.75. The molecule has 8 nitrogen and oxygen atoms in total. The van der Waals surface area contributed by atoms with Gasteiger partial charge >= 0.3 is 5.97 Å². The molecule has 0 aromatic heterocycles. The molecule has 0 unspecified atom stereocenters. The molecular weight excluding hydrogens is 560 g/mol. The fourth-order valence-electron chi connectivity index (χ4n) is 7.13. The molecule has 0 radical (unpaired) electrons. The molecule has 0 amide bonds. The van der Waals surface area contributed by atoms with Gasteiger partial charge in [-0.15, -0.1) is 0 Å². The van der Waals surface area contributed by atoms with Crippen LogP contribution in [-0.2, 0) is 19.0 Å². The lowest BCUT2D eigenvalue weighted by atomic mass is 9.99. The topological polar surface area (TPSA) is 126 Å². The van der Waals surface area contributed by atoms with Crippen LogP contribution in [0, 0.1) is 0 Å². The van der Waals surface area contributed by atoms with Crippen LogP contribution < -0.4 is 0 Å². The molecule has 0 aromatic carbocycles. The van der Waals surface area contributed by atoms with Gasteiger partial charge < -0.3 is 34.6 Å². The SMILES string of the molecule is CCCCCCCCCC[C@H](O)[C@H]1CC[C@@H]([C@@H]2CC[C@H]([C@H](O)CCCC[C@H](O)CCCC[C@@H](O)CC3=C[C@H](C)OC3=O)O2)O1. The van der Waals surface area contributed by atoms with Crippen LogP contribution >= 0.6 is 0 Å². The summed E-state index contributed by atoms with van der Waals surface area (Å²) in [6.45, 7) is 4.06. The number of aliphatic hydroxyl groups is 4. The van der Waals surface area contributed by atoms with Crippen molar-refractivity contribution in [2.75, 3.05) is 0 Å². The molecule has 0 aromatic rings. The van der Waals surface area contributed by atoms with Crippen LogP contribution in [0.4, 0.5) is 0 Å². The molecule has 3 heterocycles. The molecule has 0 spiro atoms. The fraction of sp³-hybridized carbons (Fsp3) is 0.917. The molecule has 3 rings (SSSR count). The first kappa shape index (κ1) is 37.4. The highest BCUT2D eigenvalue weighted by Crippen LogP contribution is 2.34. The zero-order valence-electron chi connectivity index (χ0n) is 27.8. The Hall–Kier alpha value is -1.03. The highest BCUT2D eigenvalue weighted by Gasteiger charge is 2.40. The minimum absolute atomic E-state index is 0.00239. The smallest absolute Gasteiger partial charge is 0.334 e. The van der Waals surface area contributed by atoms with Gasteiger partial charge in [0.25, 0.3) is 0 Å². The summed E-state index contributed by atoms with van der Waals surface area (Å²) < 4.78 is 17.6. The summed E-state index contributed by atoms with van der Waals surface area (Å²) in [6, 6.07) is 0. The molecule has 3 aliphatic heterocycles. The molecule has 8 heteroatoms. The third kappa shape index (κ3) is 13.8. The molecule has 44 heavy (non-hydrogen) atoms. The quantitative estimate of drug-likeness (QED) is 0.0714. The van der Waals surface area contributed by atoms with E-state index in [0.29, 0.717) is 37.7 Å². The van der Waals surface area contributed by atoms with Crippen LogP contribution in [0.2, 0.25) is 0 Å². The van der Waals surface area contributed by atoms with Gasteiger partial charge in [-0.05, 0) is 70.8 Å².